The van der Waals surface area contributed by atoms with Gasteiger partial charge in [0, 0.05) is 16.5 Å². The first-order valence-electron chi connectivity index (χ1n) is 3.98. The molecule has 1 rings (SSSR count). The topological polar surface area (TPSA) is 34.1 Å². The number of benzene rings is 1. The maximum absolute atomic E-state index is 11.2. The van der Waals surface area contributed by atoms with E-state index in [4.69, 9.17) is 0 Å². The number of aldehydes is 1. The Morgan fingerprint density at radius 2 is 2.14 bits per heavy atom. The van der Waals surface area contributed by atoms with Crippen molar-refractivity contribution in [3.63, 3.8) is 0 Å². The monoisotopic (exact) mass is 318 g/mol. The van der Waals surface area contributed by atoms with Crippen LogP contribution in [0.15, 0.2) is 22.7 Å². The van der Waals surface area contributed by atoms with Gasteiger partial charge in [-0.05, 0) is 17.7 Å². The van der Waals surface area contributed by atoms with Gasteiger partial charge < -0.3 is 0 Å². The fourth-order valence-electron chi connectivity index (χ4n) is 1.06. The van der Waals surface area contributed by atoms with E-state index in [1.807, 2.05) is 0 Å². The zero-order valence-corrected chi connectivity index (χ0v) is 10.5. The third-order valence-electron chi connectivity index (χ3n) is 1.74. The van der Waals surface area contributed by atoms with E-state index in [-0.39, 0.29) is 5.78 Å². The number of halogens is 2. The molecule has 0 aromatic heterocycles. The average molecular weight is 320 g/mol. The van der Waals surface area contributed by atoms with Crippen molar-refractivity contribution in [2.75, 3.05) is 5.33 Å². The molecule has 0 saturated carbocycles. The van der Waals surface area contributed by atoms with E-state index in [1.165, 1.54) is 0 Å². The highest BCUT2D eigenvalue weighted by atomic mass is 79.9. The van der Waals surface area contributed by atoms with Crippen LogP contribution in [-0.2, 0) is 11.2 Å². The van der Waals surface area contributed by atoms with E-state index in [0.717, 1.165) is 16.3 Å². The van der Waals surface area contributed by atoms with Crippen LogP contribution >= 0.6 is 31.9 Å². The van der Waals surface area contributed by atoms with Crippen LogP contribution in [0.1, 0.15) is 15.9 Å². The maximum atomic E-state index is 11.2. The summed E-state index contributed by atoms with van der Waals surface area (Å²) in [5.74, 6) is 0.0914. The summed E-state index contributed by atoms with van der Waals surface area (Å²) in [7, 11) is 0. The molecule has 0 amide bonds. The predicted molar refractivity (Wildman–Crippen MR) is 62.0 cm³/mol. The summed E-state index contributed by atoms with van der Waals surface area (Å²) < 4.78 is 0.859. The molecule has 4 heteroatoms. The molecule has 74 valence electrons. The Balaban J connectivity index is 2.94. The molecular weight excluding hydrogens is 312 g/mol. The quantitative estimate of drug-likeness (QED) is 0.631. The summed E-state index contributed by atoms with van der Waals surface area (Å²) in [6.45, 7) is 0. The lowest BCUT2D eigenvalue weighted by atomic mass is 10.1. The zero-order chi connectivity index (χ0) is 10.6. The molecule has 0 aliphatic rings. The van der Waals surface area contributed by atoms with Gasteiger partial charge in [-0.15, -0.1) is 0 Å². The molecule has 0 bridgehead atoms. The van der Waals surface area contributed by atoms with E-state index < -0.39 is 0 Å². The highest BCUT2D eigenvalue weighted by Crippen LogP contribution is 2.18. The SMILES string of the molecule is O=Cc1ccc(Br)c(CC(=O)CBr)c1. The van der Waals surface area contributed by atoms with Gasteiger partial charge in [-0.25, -0.2) is 0 Å². The summed E-state index contributed by atoms with van der Waals surface area (Å²) in [6.07, 6.45) is 1.11. The first kappa shape index (κ1) is 11.6. The molecule has 0 heterocycles. The van der Waals surface area contributed by atoms with Crippen molar-refractivity contribution in [1.29, 1.82) is 0 Å². The highest BCUT2D eigenvalue weighted by Gasteiger charge is 2.06. The third-order valence-corrected chi connectivity index (χ3v) is 3.14. The molecule has 0 fully saturated rings. The summed E-state index contributed by atoms with van der Waals surface area (Å²) >= 11 is 6.43. The Bertz CT molecular complexity index is 361. The number of rotatable bonds is 4. The van der Waals surface area contributed by atoms with Gasteiger partial charge in [-0.2, -0.15) is 0 Å². The van der Waals surface area contributed by atoms with Crippen LogP contribution in [0.2, 0.25) is 0 Å². The Morgan fingerprint density at radius 3 is 2.71 bits per heavy atom. The van der Waals surface area contributed by atoms with Crippen molar-refractivity contribution in [2.45, 2.75) is 6.42 Å². The second-order valence-corrected chi connectivity index (χ2v) is 4.23. The Morgan fingerprint density at radius 1 is 1.43 bits per heavy atom. The molecular formula is C10H8Br2O2. The molecule has 0 N–H and O–H groups in total. The van der Waals surface area contributed by atoms with Crippen molar-refractivity contribution in [3.8, 4) is 0 Å². The van der Waals surface area contributed by atoms with E-state index in [9.17, 15) is 9.59 Å². The molecule has 0 aliphatic carbocycles. The second-order valence-electron chi connectivity index (χ2n) is 2.82. The first-order valence-corrected chi connectivity index (χ1v) is 5.90. The van der Waals surface area contributed by atoms with Gasteiger partial charge in [0.1, 0.15) is 12.1 Å². The summed E-state index contributed by atoms with van der Waals surface area (Å²) in [6, 6.07) is 5.21. The summed E-state index contributed by atoms with van der Waals surface area (Å²) in [5.41, 5.74) is 1.43. The van der Waals surface area contributed by atoms with Gasteiger partial charge in [0.25, 0.3) is 0 Å². The van der Waals surface area contributed by atoms with Gasteiger partial charge in [0.2, 0.25) is 0 Å². The number of carbonyl (C=O) groups is 2. The Kier molecular flexibility index (Phi) is 4.48. The van der Waals surface area contributed by atoms with E-state index in [2.05, 4.69) is 31.9 Å². The highest BCUT2D eigenvalue weighted by molar-refractivity contribution is 9.10. The number of ketones is 1. The third kappa shape index (κ3) is 3.03. The Labute approximate surface area is 98.9 Å². The van der Waals surface area contributed by atoms with Crippen LogP contribution < -0.4 is 0 Å². The molecule has 0 aliphatic heterocycles. The molecule has 0 atom stereocenters. The number of carbonyl (C=O) groups excluding carboxylic acids is 2. The molecule has 0 saturated heterocycles. The number of hydrogen-bond acceptors (Lipinski definition) is 2. The summed E-state index contributed by atoms with van der Waals surface area (Å²) in [5, 5.41) is 0.338. The van der Waals surface area contributed by atoms with Crippen LogP contribution in [0.4, 0.5) is 0 Å². The smallest absolute Gasteiger partial charge is 0.150 e. The fraction of sp³-hybridized carbons (Fsp3) is 0.200. The van der Waals surface area contributed by atoms with Gasteiger partial charge in [0.15, 0.2) is 0 Å². The minimum atomic E-state index is 0.0914. The van der Waals surface area contributed by atoms with Crippen LogP contribution in [0.3, 0.4) is 0 Å². The van der Waals surface area contributed by atoms with Crippen LogP contribution in [-0.4, -0.2) is 17.4 Å². The maximum Gasteiger partial charge on any atom is 0.150 e. The van der Waals surface area contributed by atoms with Crippen LogP contribution in [0, 0.1) is 0 Å². The molecule has 14 heavy (non-hydrogen) atoms. The van der Waals surface area contributed by atoms with Crippen LogP contribution in [0.25, 0.3) is 0 Å². The predicted octanol–water partition coefficient (Wildman–Crippen LogP) is 2.77. The molecule has 1 aromatic carbocycles. The number of hydrogen-bond donors (Lipinski definition) is 0. The lowest BCUT2D eigenvalue weighted by Gasteiger charge is -2.02. The van der Waals surface area contributed by atoms with Gasteiger partial charge >= 0.3 is 0 Å². The van der Waals surface area contributed by atoms with Gasteiger partial charge in [0.05, 0.1) is 5.33 Å². The number of alkyl halides is 1. The first-order chi connectivity index (χ1) is 6.67. The second kappa shape index (κ2) is 5.41. The molecule has 0 radical (unpaired) electrons. The van der Waals surface area contributed by atoms with Gasteiger partial charge in [-0.1, -0.05) is 37.9 Å². The normalized spacial score (nSPS) is 9.86. The lowest BCUT2D eigenvalue weighted by Crippen LogP contribution is -2.04. The van der Waals surface area contributed by atoms with E-state index >= 15 is 0 Å². The van der Waals surface area contributed by atoms with E-state index in [0.29, 0.717) is 17.3 Å². The molecule has 1 aromatic rings. The lowest BCUT2D eigenvalue weighted by molar-refractivity contribution is -0.115. The van der Waals surface area contributed by atoms with Gasteiger partial charge in [-0.3, -0.25) is 9.59 Å². The standard InChI is InChI=1S/C10H8Br2O2/c11-5-9(14)4-8-3-7(6-13)1-2-10(8)12/h1-3,6H,4-5H2. The average Bonchev–Trinajstić information content (AvgIpc) is 2.21. The molecule has 2 nitrogen and oxygen atoms in total. The number of Topliss-reactive ketones (excluding diaryl/α,β-unsaturated/α-hetero) is 1. The molecule has 0 unspecified atom stereocenters. The fourth-order valence-corrected chi connectivity index (χ4v) is 1.65. The van der Waals surface area contributed by atoms with Crippen molar-refractivity contribution >= 4 is 43.9 Å². The van der Waals surface area contributed by atoms with Crippen molar-refractivity contribution < 1.29 is 9.59 Å². The Hall–Kier alpha value is -0.480. The largest absolute Gasteiger partial charge is 0.298 e. The van der Waals surface area contributed by atoms with E-state index in [1.54, 1.807) is 18.2 Å². The minimum absolute atomic E-state index is 0.0914. The summed E-state index contributed by atoms with van der Waals surface area (Å²) in [4.78, 5) is 21.7. The van der Waals surface area contributed by atoms with Crippen molar-refractivity contribution in [1.82, 2.24) is 0 Å². The zero-order valence-electron chi connectivity index (χ0n) is 7.30. The van der Waals surface area contributed by atoms with Crippen molar-refractivity contribution in [2.24, 2.45) is 0 Å². The van der Waals surface area contributed by atoms with Crippen molar-refractivity contribution in [3.05, 3.63) is 33.8 Å². The van der Waals surface area contributed by atoms with Crippen LogP contribution in [0.5, 0.6) is 0 Å². The minimum Gasteiger partial charge on any atom is -0.298 e. The molecule has 0 spiro atoms.